The summed E-state index contributed by atoms with van der Waals surface area (Å²) in [4.78, 5) is 27.1. The van der Waals surface area contributed by atoms with Crippen LogP contribution in [0.5, 0.6) is 0 Å². The van der Waals surface area contributed by atoms with Gasteiger partial charge in [-0.15, -0.1) is 0 Å². The van der Waals surface area contributed by atoms with Crippen molar-refractivity contribution in [2.24, 2.45) is 11.8 Å². The van der Waals surface area contributed by atoms with Gasteiger partial charge in [-0.1, -0.05) is 13.8 Å². The monoisotopic (exact) mass is 384 g/mol. The molecule has 1 atom stereocenters. The molecular formula is C23H32N2O3. The number of carbonyl (C=O) groups is 2. The Morgan fingerprint density at radius 2 is 1.79 bits per heavy atom. The Kier molecular flexibility index (Phi) is 6.11. The summed E-state index contributed by atoms with van der Waals surface area (Å²) < 4.78 is 5.65. The van der Waals surface area contributed by atoms with E-state index in [0.717, 1.165) is 29.4 Å². The molecule has 2 amide bonds. The number of hydrogen-bond acceptors (Lipinski definition) is 3. The van der Waals surface area contributed by atoms with Gasteiger partial charge in [0, 0.05) is 36.0 Å². The highest BCUT2D eigenvalue weighted by Crippen LogP contribution is 2.26. The number of hydrogen-bond donors (Lipinski definition) is 1. The summed E-state index contributed by atoms with van der Waals surface area (Å²) in [7, 11) is 0. The molecule has 1 saturated heterocycles. The van der Waals surface area contributed by atoms with Gasteiger partial charge in [0.05, 0.1) is 12.7 Å². The first kappa shape index (κ1) is 20.4. The number of nitrogens with zero attached hydrogens (tertiary/aromatic N) is 1. The van der Waals surface area contributed by atoms with Crippen molar-refractivity contribution in [2.75, 3.05) is 13.1 Å². The predicted octanol–water partition coefficient (Wildman–Crippen LogP) is 3.99. The van der Waals surface area contributed by atoms with Gasteiger partial charge in [-0.3, -0.25) is 9.59 Å². The Balaban J connectivity index is 1.57. The minimum Gasteiger partial charge on any atom is -0.464 e. The van der Waals surface area contributed by atoms with Gasteiger partial charge in [-0.2, -0.15) is 0 Å². The first-order valence-corrected chi connectivity index (χ1v) is 10.3. The van der Waals surface area contributed by atoms with Crippen LogP contribution in [0.1, 0.15) is 50.3 Å². The van der Waals surface area contributed by atoms with Gasteiger partial charge >= 0.3 is 0 Å². The summed E-state index contributed by atoms with van der Waals surface area (Å²) in [5.74, 6) is 0.656. The van der Waals surface area contributed by atoms with Gasteiger partial charge in [0.2, 0.25) is 11.8 Å². The van der Waals surface area contributed by atoms with E-state index < -0.39 is 0 Å². The Hall–Kier alpha value is -2.30. The molecule has 5 heteroatoms. The number of rotatable bonds is 5. The second kappa shape index (κ2) is 8.38. The molecule has 152 valence electrons. The minimum atomic E-state index is 0.00521. The van der Waals surface area contributed by atoms with Crippen molar-refractivity contribution >= 4 is 22.8 Å². The average Bonchev–Trinajstić information content (AvgIpc) is 3.03. The van der Waals surface area contributed by atoms with Gasteiger partial charge in [0.15, 0.2) is 0 Å². The topological polar surface area (TPSA) is 62.6 Å². The van der Waals surface area contributed by atoms with Crippen LogP contribution in [0.3, 0.4) is 0 Å². The third-order valence-electron chi connectivity index (χ3n) is 6.20. The summed E-state index contributed by atoms with van der Waals surface area (Å²) >= 11 is 0. The molecule has 28 heavy (non-hydrogen) atoms. The highest BCUT2D eigenvalue weighted by Gasteiger charge is 2.28. The number of nitrogens with one attached hydrogen (secondary N) is 1. The fourth-order valence-electron chi connectivity index (χ4n) is 3.65. The first-order chi connectivity index (χ1) is 13.3. The SMILES string of the molecule is Cc1cc2occ(CC(=O)N3CCC(C(=O)NC(C)C(C)C)CC3)c2cc1C. The van der Waals surface area contributed by atoms with Crippen molar-refractivity contribution in [1.29, 1.82) is 0 Å². The number of amides is 2. The van der Waals surface area contributed by atoms with Crippen LogP contribution in [0.25, 0.3) is 11.0 Å². The maximum Gasteiger partial charge on any atom is 0.227 e. The van der Waals surface area contributed by atoms with Crippen LogP contribution in [-0.2, 0) is 16.0 Å². The van der Waals surface area contributed by atoms with Gasteiger partial charge in [-0.25, -0.2) is 0 Å². The van der Waals surface area contributed by atoms with Crippen molar-refractivity contribution < 1.29 is 14.0 Å². The molecule has 1 unspecified atom stereocenters. The number of carbonyl (C=O) groups excluding carboxylic acids is 2. The Morgan fingerprint density at radius 3 is 2.43 bits per heavy atom. The van der Waals surface area contributed by atoms with Crippen molar-refractivity contribution in [3.63, 3.8) is 0 Å². The Morgan fingerprint density at radius 1 is 1.14 bits per heavy atom. The van der Waals surface area contributed by atoms with E-state index in [9.17, 15) is 9.59 Å². The van der Waals surface area contributed by atoms with E-state index >= 15 is 0 Å². The molecule has 0 radical (unpaired) electrons. The number of benzene rings is 1. The highest BCUT2D eigenvalue weighted by molar-refractivity contribution is 5.88. The van der Waals surface area contributed by atoms with E-state index in [2.05, 4.69) is 39.1 Å². The zero-order chi connectivity index (χ0) is 20.4. The molecule has 1 aliphatic rings. The van der Waals surface area contributed by atoms with Crippen LogP contribution >= 0.6 is 0 Å². The maximum absolute atomic E-state index is 12.8. The number of aryl methyl sites for hydroxylation is 2. The fraction of sp³-hybridized carbons (Fsp3) is 0.565. The van der Waals surface area contributed by atoms with Crippen molar-refractivity contribution in [1.82, 2.24) is 10.2 Å². The normalized spacial score (nSPS) is 16.6. The van der Waals surface area contributed by atoms with Gasteiger partial charge in [0.1, 0.15) is 5.58 Å². The third kappa shape index (κ3) is 4.40. The summed E-state index contributed by atoms with van der Waals surface area (Å²) in [6, 6.07) is 4.30. The molecule has 5 nitrogen and oxygen atoms in total. The van der Waals surface area contributed by atoms with Crippen LogP contribution in [0.15, 0.2) is 22.8 Å². The zero-order valence-electron chi connectivity index (χ0n) is 17.7. The van der Waals surface area contributed by atoms with Crippen LogP contribution in [0.4, 0.5) is 0 Å². The van der Waals surface area contributed by atoms with Gasteiger partial charge < -0.3 is 14.6 Å². The maximum atomic E-state index is 12.8. The second-order valence-electron chi connectivity index (χ2n) is 8.57. The summed E-state index contributed by atoms with van der Waals surface area (Å²) in [5, 5.41) is 4.13. The third-order valence-corrected chi connectivity index (χ3v) is 6.20. The van der Waals surface area contributed by atoms with Crippen molar-refractivity contribution in [3.05, 3.63) is 35.1 Å². The molecule has 1 N–H and O–H groups in total. The highest BCUT2D eigenvalue weighted by atomic mass is 16.3. The molecule has 3 rings (SSSR count). The van der Waals surface area contributed by atoms with Gasteiger partial charge in [0.25, 0.3) is 0 Å². The van der Waals surface area contributed by atoms with E-state index in [4.69, 9.17) is 4.42 Å². The van der Waals surface area contributed by atoms with E-state index in [-0.39, 0.29) is 23.8 Å². The van der Waals surface area contributed by atoms with Crippen LogP contribution in [0.2, 0.25) is 0 Å². The first-order valence-electron chi connectivity index (χ1n) is 10.3. The van der Waals surface area contributed by atoms with E-state index in [1.54, 1.807) is 6.26 Å². The lowest BCUT2D eigenvalue weighted by atomic mass is 9.94. The molecule has 1 aromatic carbocycles. The number of likely N-dealkylation sites (tertiary alicyclic amines) is 1. The predicted molar refractivity (Wildman–Crippen MR) is 111 cm³/mol. The molecule has 0 saturated carbocycles. The summed E-state index contributed by atoms with van der Waals surface area (Å²) in [5.41, 5.74) is 4.16. The Labute approximate surface area is 167 Å². The Bertz CT molecular complexity index is 860. The van der Waals surface area contributed by atoms with E-state index in [1.165, 1.54) is 11.1 Å². The molecule has 1 aliphatic heterocycles. The number of furan rings is 1. The fourth-order valence-corrected chi connectivity index (χ4v) is 3.65. The molecule has 1 fully saturated rings. The lowest BCUT2D eigenvalue weighted by Gasteiger charge is -2.32. The molecule has 0 spiro atoms. The molecular weight excluding hydrogens is 352 g/mol. The molecule has 2 aromatic rings. The van der Waals surface area contributed by atoms with Crippen LogP contribution in [-0.4, -0.2) is 35.8 Å². The summed E-state index contributed by atoms with van der Waals surface area (Å²) in [6.45, 7) is 11.7. The lowest BCUT2D eigenvalue weighted by Crippen LogP contribution is -2.46. The number of fused-ring (bicyclic) bond motifs is 1. The number of piperidine rings is 1. The lowest BCUT2D eigenvalue weighted by molar-refractivity contribution is -0.135. The largest absolute Gasteiger partial charge is 0.464 e. The van der Waals surface area contributed by atoms with Crippen molar-refractivity contribution in [3.8, 4) is 0 Å². The molecule has 0 aliphatic carbocycles. The standard InChI is InChI=1S/C23H32N2O3/c1-14(2)17(5)24-23(27)18-6-8-25(9-7-18)22(26)12-19-13-28-21-11-16(4)15(3)10-20(19)21/h10-11,13-14,17-18H,6-9,12H2,1-5H3,(H,24,27). The minimum absolute atomic E-state index is 0.00521. The average molecular weight is 385 g/mol. The van der Waals surface area contributed by atoms with E-state index in [1.807, 2.05) is 17.9 Å². The van der Waals surface area contributed by atoms with E-state index in [0.29, 0.717) is 25.4 Å². The van der Waals surface area contributed by atoms with Crippen LogP contribution < -0.4 is 5.32 Å². The molecule has 1 aromatic heterocycles. The van der Waals surface area contributed by atoms with Gasteiger partial charge in [-0.05, 0) is 62.8 Å². The zero-order valence-corrected chi connectivity index (χ0v) is 17.7. The van der Waals surface area contributed by atoms with Crippen LogP contribution in [0, 0.1) is 25.7 Å². The molecule has 0 bridgehead atoms. The van der Waals surface area contributed by atoms with Crippen molar-refractivity contribution in [2.45, 2.75) is 59.9 Å². The smallest absolute Gasteiger partial charge is 0.227 e. The quantitative estimate of drug-likeness (QED) is 0.848. The molecule has 2 heterocycles. The second-order valence-corrected chi connectivity index (χ2v) is 8.57. The summed E-state index contributed by atoms with van der Waals surface area (Å²) in [6.07, 6.45) is 3.51.